The molecule has 0 bridgehead atoms. The fourth-order valence-electron chi connectivity index (χ4n) is 2.53. The monoisotopic (exact) mass is 354 g/mol. The molecule has 0 unspecified atom stereocenters. The summed E-state index contributed by atoms with van der Waals surface area (Å²) in [5.74, 6) is 1.28. The van der Waals surface area contributed by atoms with Gasteiger partial charge in [-0.2, -0.15) is 5.26 Å². The van der Waals surface area contributed by atoms with Crippen molar-refractivity contribution in [3.05, 3.63) is 47.5 Å². The molecule has 1 N–H and O–H groups in total. The van der Waals surface area contributed by atoms with Crippen LogP contribution in [-0.2, 0) is 5.41 Å². The summed E-state index contributed by atoms with van der Waals surface area (Å²) in [4.78, 5) is 12.5. The van der Waals surface area contributed by atoms with Crippen LogP contribution in [0.25, 0.3) is 0 Å². The number of anilines is 1. The maximum atomic E-state index is 12.5. The molecule has 0 atom stereocenters. The van der Waals surface area contributed by atoms with Crippen molar-refractivity contribution in [2.75, 3.05) is 26.6 Å². The van der Waals surface area contributed by atoms with Crippen molar-refractivity contribution >= 4 is 11.6 Å². The van der Waals surface area contributed by atoms with Crippen LogP contribution >= 0.6 is 0 Å². The number of ether oxygens (including phenoxy) is 3. The topological polar surface area (TPSA) is 80.6 Å². The van der Waals surface area contributed by atoms with Crippen molar-refractivity contribution in [3.8, 4) is 23.3 Å². The van der Waals surface area contributed by atoms with E-state index in [0.29, 0.717) is 28.5 Å². The van der Waals surface area contributed by atoms with Gasteiger partial charge in [0.25, 0.3) is 5.91 Å². The summed E-state index contributed by atoms with van der Waals surface area (Å²) >= 11 is 0. The van der Waals surface area contributed by atoms with Gasteiger partial charge in [-0.3, -0.25) is 4.79 Å². The van der Waals surface area contributed by atoms with Gasteiger partial charge in [0.1, 0.15) is 5.75 Å². The molecule has 0 radical (unpaired) electrons. The first-order valence-corrected chi connectivity index (χ1v) is 7.99. The normalized spacial score (nSPS) is 10.6. The van der Waals surface area contributed by atoms with Gasteiger partial charge in [0.2, 0.25) is 0 Å². The molecule has 2 rings (SSSR count). The van der Waals surface area contributed by atoms with E-state index in [-0.39, 0.29) is 5.91 Å². The Morgan fingerprint density at radius 1 is 0.962 bits per heavy atom. The number of nitrogens with zero attached hydrogens (tertiary/aromatic N) is 1. The minimum atomic E-state index is -0.697. The van der Waals surface area contributed by atoms with E-state index in [1.54, 1.807) is 36.4 Å². The lowest BCUT2D eigenvalue weighted by atomic mass is 9.85. The lowest BCUT2D eigenvalue weighted by molar-refractivity contribution is 0.102. The molecule has 0 spiro atoms. The fraction of sp³-hybridized carbons (Fsp3) is 0.300. The van der Waals surface area contributed by atoms with Crippen molar-refractivity contribution < 1.29 is 19.0 Å². The largest absolute Gasteiger partial charge is 0.496 e. The van der Waals surface area contributed by atoms with Crippen molar-refractivity contribution in [1.82, 2.24) is 0 Å². The summed E-state index contributed by atoms with van der Waals surface area (Å²) in [7, 11) is 4.58. The van der Waals surface area contributed by atoms with Crippen molar-refractivity contribution in [3.63, 3.8) is 0 Å². The number of hydrogen-bond donors (Lipinski definition) is 1. The van der Waals surface area contributed by atoms with E-state index in [9.17, 15) is 10.1 Å². The summed E-state index contributed by atoms with van der Waals surface area (Å²) in [5, 5.41) is 12.1. The van der Waals surface area contributed by atoms with Crippen LogP contribution in [0.3, 0.4) is 0 Å². The zero-order valence-electron chi connectivity index (χ0n) is 15.5. The van der Waals surface area contributed by atoms with Gasteiger partial charge in [-0.1, -0.05) is 6.07 Å². The molecule has 0 aliphatic heterocycles. The Balaban J connectivity index is 2.29. The van der Waals surface area contributed by atoms with E-state index in [1.165, 1.54) is 21.3 Å². The molecule has 0 aliphatic rings. The SMILES string of the molecule is COc1ccc(C(=O)Nc2ccc(C(C)(C)C#N)c(OC)c2)cc1OC. The third kappa shape index (κ3) is 3.89. The smallest absolute Gasteiger partial charge is 0.255 e. The number of methoxy groups -OCH3 is 3. The molecular weight excluding hydrogens is 332 g/mol. The zero-order chi connectivity index (χ0) is 19.3. The highest BCUT2D eigenvalue weighted by atomic mass is 16.5. The Hall–Kier alpha value is -3.20. The highest BCUT2D eigenvalue weighted by Crippen LogP contribution is 2.33. The first-order chi connectivity index (χ1) is 12.4. The lowest BCUT2D eigenvalue weighted by Crippen LogP contribution is -2.16. The Bertz CT molecular complexity index is 853. The van der Waals surface area contributed by atoms with Crippen molar-refractivity contribution in [2.45, 2.75) is 19.3 Å². The second-order valence-electron chi connectivity index (χ2n) is 6.18. The van der Waals surface area contributed by atoms with Gasteiger partial charge in [0.15, 0.2) is 11.5 Å². The molecular formula is C20H22N2O4. The molecule has 0 saturated heterocycles. The molecule has 6 nitrogen and oxygen atoms in total. The average Bonchev–Trinajstić information content (AvgIpc) is 2.66. The van der Waals surface area contributed by atoms with E-state index in [2.05, 4.69) is 11.4 Å². The second-order valence-corrected chi connectivity index (χ2v) is 6.18. The van der Waals surface area contributed by atoms with Crippen LogP contribution in [0.5, 0.6) is 17.2 Å². The molecule has 2 aromatic rings. The van der Waals surface area contributed by atoms with Gasteiger partial charge < -0.3 is 19.5 Å². The molecule has 6 heteroatoms. The predicted molar refractivity (Wildman–Crippen MR) is 99.1 cm³/mol. The van der Waals surface area contributed by atoms with Gasteiger partial charge in [0, 0.05) is 22.9 Å². The molecule has 1 amide bonds. The van der Waals surface area contributed by atoms with Crippen LogP contribution in [0, 0.1) is 11.3 Å². The maximum Gasteiger partial charge on any atom is 0.255 e. The predicted octanol–water partition coefficient (Wildman–Crippen LogP) is 3.77. The molecule has 26 heavy (non-hydrogen) atoms. The Labute approximate surface area is 153 Å². The Kier molecular flexibility index (Phi) is 5.73. The van der Waals surface area contributed by atoms with E-state index in [1.807, 2.05) is 13.8 Å². The highest BCUT2D eigenvalue weighted by Gasteiger charge is 2.24. The number of carbonyl (C=O) groups excluding carboxylic acids is 1. The van der Waals surface area contributed by atoms with E-state index in [4.69, 9.17) is 14.2 Å². The maximum absolute atomic E-state index is 12.5. The van der Waals surface area contributed by atoms with Gasteiger partial charge in [-0.15, -0.1) is 0 Å². The molecule has 2 aromatic carbocycles. The standard InChI is InChI=1S/C20H22N2O4/c1-20(2,12-21)15-8-7-14(11-17(15)25-4)22-19(23)13-6-9-16(24-3)18(10-13)26-5/h6-11H,1-5H3,(H,22,23). The highest BCUT2D eigenvalue weighted by molar-refractivity contribution is 6.04. The Morgan fingerprint density at radius 3 is 2.19 bits per heavy atom. The molecule has 0 aliphatic carbocycles. The van der Waals surface area contributed by atoms with Crippen LogP contribution in [0.1, 0.15) is 29.8 Å². The van der Waals surface area contributed by atoms with Crippen LogP contribution < -0.4 is 19.5 Å². The van der Waals surface area contributed by atoms with E-state index >= 15 is 0 Å². The average molecular weight is 354 g/mol. The number of benzene rings is 2. The van der Waals surface area contributed by atoms with Crippen LogP contribution in [0.4, 0.5) is 5.69 Å². The third-order valence-corrected chi connectivity index (χ3v) is 4.06. The zero-order valence-corrected chi connectivity index (χ0v) is 15.5. The van der Waals surface area contributed by atoms with E-state index < -0.39 is 5.41 Å². The van der Waals surface area contributed by atoms with Gasteiger partial charge in [-0.25, -0.2) is 0 Å². The van der Waals surface area contributed by atoms with Gasteiger partial charge >= 0.3 is 0 Å². The quantitative estimate of drug-likeness (QED) is 0.854. The molecule has 0 fully saturated rings. The summed E-state index contributed by atoms with van der Waals surface area (Å²) in [6.45, 7) is 3.62. The lowest BCUT2D eigenvalue weighted by Gasteiger charge is -2.20. The summed E-state index contributed by atoms with van der Waals surface area (Å²) in [6.07, 6.45) is 0. The van der Waals surface area contributed by atoms with Crippen LogP contribution in [-0.4, -0.2) is 27.2 Å². The summed E-state index contributed by atoms with van der Waals surface area (Å²) in [5.41, 5.74) is 1.06. The molecule has 0 aromatic heterocycles. The fourth-order valence-corrected chi connectivity index (χ4v) is 2.53. The van der Waals surface area contributed by atoms with E-state index in [0.717, 1.165) is 5.56 Å². The Morgan fingerprint density at radius 2 is 1.62 bits per heavy atom. The summed E-state index contributed by atoms with van der Waals surface area (Å²) < 4.78 is 15.8. The van der Waals surface area contributed by atoms with Crippen LogP contribution in [0.2, 0.25) is 0 Å². The molecule has 0 saturated carbocycles. The number of hydrogen-bond acceptors (Lipinski definition) is 5. The molecule has 0 heterocycles. The van der Waals surface area contributed by atoms with Crippen LogP contribution in [0.15, 0.2) is 36.4 Å². The second kappa shape index (κ2) is 7.79. The number of nitriles is 1. The number of nitrogens with one attached hydrogen (secondary N) is 1. The van der Waals surface area contributed by atoms with Gasteiger partial charge in [0.05, 0.1) is 32.8 Å². The first-order valence-electron chi connectivity index (χ1n) is 7.99. The van der Waals surface area contributed by atoms with Crippen molar-refractivity contribution in [1.29, 1.82) is 5.26 Å². The summed E-state index contributed by atoms with van der Waals surface area (Å²) in [6, 6.07) is 12.4. The molecule has 136 valence electrons. The van der Waals surface area contributed by atoms with Gasteiger partial charge in [-0.05, 0) is 38.1 Å². The number of amides is 1. The number of rotatable bonds is 6. The minimum Gasteiger partial charge on any atom is -0.496 e. The minimum absolute atomic E-state index is 0.291. The van der Waals surface area contributed by atoms with Crippen molar-refractivity contribution in [2.24, 2.45) is 0 Å². The number of carbonyl (C=O) groups is 1. The first kappa shape index (κ1) is 19.1. The third-order valence-electron chi connectivity index (χ3n) is 4.06.